The van der Waals surface area contributed by atoms with Crippen LogP contribution in [0.15, 0.2) is 80.5 Å². The van der Waals surface area contributed by atoms with Crippen molar-refractivity contribution in [2.45, 2.75) is 18.9 Å². The summed E-state index contributed by atoms with van der Waals surface area (Å²) in [6, 6.07) is 19.5. The average molecular weight is 590 g/mol. The SMILES string of the molecule is COc1ccc(OC)c(C2C3=C(N=c4sc(=Cc5ccc(OC)c(Br)c5)c(=O)n42)c2ccccc2CC3)c1. The van der Waals surface area contributed by atoms with Crippen LogP contribution in [0.5, 0.6) is 17.2 Å². The summed E-state index contributed by atoms with van der Waals surface area (Å²) in [7, 11) is 4.93. The van der Waals surface area contributed by atoms with Gasteiger partial charge in [0.25, 0.3) is 5.56 Å². The van der Waals surface area contributed by atoms with E-state index in [1.165, 1.54) is 16.9 Å². The zero-order chi connectivity index (χ0) is 26.4. The van der Waals surface area contributed by atoms with Gasteiger partial charge in [0.1, 0.15) is 17.2 Å². The Morgan fingerprint density at radius 2 is 1.76 bits per heavy atom. The Kier molecular flexibility index (Phi) is 6.45. The van der Waals surface area contributed by atoms with E-state index in [-0.39, 0.29) is 11.6 Å². The molecule has 1 aromatic heterocycles. The van der Waals surface area contributed by atoms with Crippen LogP contribution in [0, 0.1) is 0 Å². The van der Waals surface area contributed by atoms with Crippen molar-refractivity contribution in [1.29, 1.82) is 0 Å². The second-order valence-corrected chi connectivity index (χ2v) is 11.0. The molecule has 2 heterocycles. The standard InChI is InChI=1S/C30H25BrN2O4S/c1-35-19-10-13-24(36-2)22(16-19)28-21-11-9-18-6-4-5-7-20(18)27(21)32-30-33(28)29(34)26(38-30)15-17-8-12-25(37-3)23(31)14-17/h4-8,10,12-16,28H,9,11H2,1-3H3. The van der Waals surface area contributed by atoms with Gasteiger partial charge < -0.3 is 14.2 Å². The van der Waals surface area contributed by atoms with Gasteiger partial charge in [-0.2, -0.15) is 0 Å². The van der Waals surface area contributed by atoms with Crippen molar-refractivity contribution < 1.29 is 14.2 Å². The van der Waals surface area contributed by atoms with E-state index in [1.807, 2.05) is 53.1 Å². The molecule has 8 heteroatoms. The van der Waals surface area contributed by atoms with Crippen LogP contribution in [0.2, 0.25) is 0 Å². The number of thiazole rings is 1. The number of aryl methyl sites for hydroxylation is 1. The molecule has 0 radical (unpaired) electrons. The fourth-order valence-corrected chi connectivity index (χ4v) is 6.84. The van der Waals surface area contributed by atoms with Crippen LogP contribution in [0.3, 0.4) is 0 Å². The number of hydrogen-bond acceptors (Lipinski definition) is 6. The van der Waals surface area contributed by atoms with E-state index >= 15 is 0 Å². The van der Waals surface area contributed by atoms with Crippen LogP contribution >= 0.6 is 27.3 Å². The molecule has 1 unspecified atom stereocenters. The third-order valence-corrected chi connectivity index (χ3v) is 8.68. The minimum absolute atomic E-state index is 0.0824. The number of aromatic nitrogens is 1. The molecule has 6 nitrogen and oxygen atoms in total. The molecular formula is C30H25BrN2O4S. The lowest BCUT2D eigenvalue weighted by molar-refractivity contribution is 0.392. The predicted molar refractivity (Wildman–Crippen MR) is 153 cm³/mol. The van der Waals surface area contributed by atoms with Crippen LogP contribution in [-0.2, 0) is 6.42 Å². The number of rotatable bonds is 5. The summed E-state index contributed by atoms with van der Waals surface area (Å²) in [4.78, 5) is 19.8. The molecule has 0 bridgehead atoms. The lowest BCUT2D eigenvalue weighted by Gasteiger charge is -2.31. The maximum atomic E-state index is 14.0. The first-order valence-electron chi connectivity index (χ1n) is 12.2. The third-order valence-electron chi connectivity index (χ3n) is 7.08. The van der Waals surface area contributed by atoms with Gasteiger partial charge in [-0.05, 0) is 81.9 Å². The minimum atomic E-state index is -0.357. The first-order chi connectivity index (χ1) is 18.5. The molecule has 1 aliphatic carbocycles. The molecule has 0 fully saturated rings. The van der Waals surface area contributed by atoms with Crippen molar-refractivity contribution in [3.63, 3.8) is 0 Å². The second kappa shape index (κ2) is 9.93. The van der Waals surface area contributed by atoms with E-state index in [9.17, 15) is 4.79 Å². The summed E-state index contributed by atoms with van der Waals surface area (Å²) in [5, 5.41) is 0. The topological polar surface area (TPSA) is 62.0 Å². The molecule has 2 aliphatic rings. The summed E-state index contributed by atoms with van der Waals surface area (Å²) in [6.45, 7) is 0. The lowest BCUT2D eigenvalue weighted by atomic mass is 9.83. The molecule has 0 saturated carbocycles. The first-order valence-corrected chi connectivity index (χ1v) is 13.8. The summed E-state index contributed by atoms with van der Waals surface area (Å²) in [5.74, 6) is 2.15. The van der Waals surface area contributed by atoms with Gasteiger partial charge in [0.05, 0.1) is 42.1 Å². The van der Waals surface area contributed by atoms with Gasteiger partial charge in [-0.15, -0.1) is 0 Å². The lowest BCUT2D eigenvalue weighted by Crippen LogP contribution is -2.39. The van der Waals surface area contributed by atoms with Crippen LogP contribution in [0.1, 0.15) is 34.7 Å². The molecule has 0 N–H and O–H groups in total. The third kappa shape index (κ3) is 4.08. The minimum Gasteiger partial charge on any atom is -0.497 e. The maximum Gasteiger partial charge on any atom is 0.271 e. The normalized spacial score (nSPS) is 16.3. The molecule has 4 aromatic rings. The van der Waals surface area contributed by atoms with Gasteiger partial charge in [-0.3, -0.25) is 9.36 Å². The van der Waals surface area contributed by atoms with Gasteiger partial charge >= 0.3 is 0 Å². The van der Waals surface area contributed by atoms with E-state index in [0.717, 1.165) is 51.0 Å². The number of allylic oxidation sites excluding steroid dienone is 1. The Bertz CT molecular complexity index is 1790. The van der Waals surface area contributed by atoms with Crippen molar-refractivity contribution in [2.24, 2.45) is 4.99 Å². The number of hydrogen-bond donors (Lipinski definition) is 0. The molecular weight excluding hydrogens is 564 g/mol. The Labute approximate surface area is 232 Å². The Morgan fingerprint density at radius 1 is 0.974 bits per heavy atom. The van der Waals surface area contributed by atoms with Crippen LogP contribution in [0.25, 0.3) is 11.8 Å². The van der Waals surface area contributed by atoms with Crippen molar-refractivity contribution in [3.8, 4) is 17.2 Å². The highest BCUT2D eigenvalue weighted by Crippen LogP contribution is 2.44. The first kappa shape index (κ1) is 24.7. The highest BCUT2D eigenvalue weighted by atomic mass is 79.9. The molecule has 6 rings (SSSR count). The fraction of sp³-hybridized carbons (Fsp3) is 0.200. The maximum absolute atomic E-state index is 14.0. The number of methoxy groups -OCH3 is 3. The summed E-state index contributed by atoms with van der Waals surface area (Å²) < 4.78 is 20.0. The predicted octanol–water partition coefficient (Wildman–Crippen LogP) is 5.11. The van der Waals surface area contributed by atoms with Crippen molar-refractivity contribution in [2.75, 3.05) is 21.3 Å². The van der Waals surface area contributed by atoms with Gasteiger partial charge in [0, 0.05) is 11.1 Å². The molecule has 0 saturated heterocycles. The van der Waals surface area contributed by atoms with E-state index in [0.29, 0.717) is 20.8 Å². The number of benzene rings is 3. The molecule has 38 heavy (non-hydrogen) atoms. The van der Waals surface area contributed by atoms with Crippen molar-refractivity contribution >= 4 is 39.0 Å². The largest absolute Gasteiger partial charge is 0.497 e. The molecule has 3 aromatic carbocycles. The van der Waals surface area contributed by atoms with Gasteiger partial charge in [0.15, 0.2) is 4.80 Å². The van der Waals surface area contributed by atoms with Crippen LogP contribution in [-0.4, -0.2) is 25.9 Å². The number of ether oxygens (including phenoxy) is 3. The summed E-state index contributed by atoms with van der Waals surface area (Å²) >= 11 is 4.95. The molecule has 0 spiro atoms. The number of nitrogens with zero attached hydrogens (tertiary/aromatic N) is 2. The zero-order valence-corrected chi connectivity index (χ0v) is 23.6. The van der Waals surface area contributed by atoms with Gasteiger partial charge in [0.2, 0.25) is 0 Å². The molecule has 1 atom stereocenters. The Hall–Kier alpha value is -3.62. The monoisotopic (exact) mass is 588 g/mol. The van der Waals surface area contributed by atoms with E-state index < -0.39 is 0 Å². The van der Waals surface area contributed by atoms with E-state index in [2.05, 4.69) is 34.1 Å². The summed E-state index contributed by atoms with van der Waals surface area (Å²) in [5.41, 5.74) is 6.15. The quantitative estimate of drug-likeness (QED) is 0.325. The fourth-order valence-electron chi connectivity index (χ4n) is 5.28. The Balaban J connectivity index is 1.63. The highest BCUT2D eigenvalue weighted by Gasteiger charge is 2.34. The molecule has 1 aliphatic heterocycles. The van der Waals surface area contributed by atoms with E-state index in [4.69, 9.17) is 19.2 Å². The van der Waals surface area contributed by atoms with Crippen molar-refractivity contribution in [1.82, 2.24) is 4.57 Å². The van der Waals surface area contributed by atoms with Gasteiger partial charge in [-0.25, -0.2) is 4.99 Å². The highest BCUT2D eigenvalue weighted by molar-refractivity contribution is 9.10. The zero-order valence-electron chi connectivity index (χ0n) is 21.2. The van der Waals surface area contributed by atoms with Crippen molar-refractivity contribution in [3.05, 3.63) is 113 Å². The van der Waals surface area contributed by atoms with Gasteiger partial charge in [-0.1, -0.05) is 41.7 Å². The van der Waals surface area contributed by atoms with Crippen LogP contribution in [0.4, 0.5) is 0 Å². The summed E-state index contributed by atoms with van der Waals surface area (Å²) in [6.07, 6.45) is 3.60. The number of fused-ring (bicyclic) bond motifs is 3. The smallest absolute Gasteiger partial charge is 0.271 e. The van der Waals surface area contributed by atoms with Crippen LogP contribution < -0.4 is 29.1 Å². The number of halogens is 1. The molecule has 0 amide bonds. The Morgan fingerprint density at radius 3 is 2.53 bits per heavy atom. The average Bonchev–Trinajstić information content (AvgIpc) is 3.25. The molecule has 192 valence electrons. The van der Waals surface area contributed by atoms with E-state index in [1.54, 1.807) is 21.3 Å². The second-order valence-electron chi connectivity index (χ2n) is 9.12.